The molecule has 0 bridgehead atoms. The van der Waals surface area contributed by atoms with Crippen molar-refractivity contribution in [1.29, 1.82) is 0 Å². The van der Waals surface area contributed by atoms with Gasteiger partial charge in [0.05, 0.1) is 5.52 Å². The molecule has 0 atom stereocenters. The second-order valence-corrected chi connectivity index (χ2v) is 4.71. The molecule has 1 N–H and O–H groups in total. The fourth-order valence-corrected chi connectivity index (χ4v) is 2.18. The summed E-state index contributed by atoms with van der Waals surface area (Å²) in [6.45, 7) is 0.599. The second kappa shape index (κ2) is 5.89. The van der Waals surface area contributed by atoms with Crippen LogP contribution in [-0.4, -0.2) is 12.0 Å². The number of halogens is 1. The third kappa shape index (κ3) is 2.85. The summed E-state index contributed by atoms with van der Waals surface area (Å²) in [5, 5.41) is 4.11. The molecule has 3 nitrogen and oxygen atoms in total. The molecule has 0 amide bonds. The van der Waals surface area contributed by atoms with Crippen LogP contribution in [0, 0.1) is 5.82 Å². The van der Waals surface area contributed by atoms with Crippen molar-refractivity contribution in [1.82, 2.24) is 10.3 Å². The Morgan fingerprint density at radius 1 is 1.10 bits per heavy atom. The van der Waals surface area contributed by atoms with Crippen molar-refractivity contribution in [2.75, 3.05) is 7.05 Å². The van der Waals surface area contributed by atoms with E-state index in [1.807, 2.05) is 37.4 Å². The first kappa shape index (κ1) is 13.5. The molecule has 21 heavy (non-hydrogen) atoms. The Hall–Kier alpha value is -2.46. The largest absolute Gasteiger partial charge is 0.436 e. The molecule has 0 aliphatic carbocycles. The highest BCUT2D eigenvalue weighted by molar-refractivity contribution is 5.80. The van der Waals surface area contributed by atoms with Crippen LogP contribution in [0.3, 0.4) is 0 Å². The average molecular weight is 282 g/mol. The van der Waals surface area contributed by atoms with Gasteiger partial charge in [-0.2, -0.15) is 0 Å². The predicted octanol–water partition coefficient (Wildman–Crippen LogP) is 3.89. The molecule has 0 saturated heterocycles. The lowest BCUT2D eigenvalue weighted by Crippen LogP contribution is -2.07. The monoisotopic (exact) mass is 282 g/mol. The third-order valence-corrected chi connectivity index (χ3v) is 3.17. The summed E-state index contributed by atoms with van der Waals surface area (Å²) in [6, 6.07) is 16.1. The zero-order valence-electron chi connectivity index (χ0n) is 11.6. The maximum Gasteiger partial charge on any atom is 0.224 e. The molecule has 0 fully saturated rings. The van der Waals surface area contributed by atoms with E-state index in [0.717, 1.165) is 16.5 Å². The van der Waals surface area contributed by atoms with Crippen LogP contribution in [0.4, 0.5) is 4.39 Å². The second-order valence-electron chi connectivity index (χ2n) is 4.71. The first-order valence-electron chi connectivity index (χ1n) is 6.73. The number of aromatic nitrogens is 1. The van der Waals surface area contributed by atoms with E-state index in [4.69, 9.17) is 4.74 Å². The van der Waals surface area contributed by atoms with Gasteiger partial charge in [0.25, 0.3) is 0 Å². The molecule has 3 rings (SSSR count). The van der Waals surface area contributed by atoms with Crippen LogP contribution >= 0.6 is 0 Å². The number of para-hydroxylation sites is 2. The minimum absolute atomic E-state index is 0.178. The summed E-state index contributed by atoms with van der Waals surface area (Å²) in [7, 11) is 1.85. The SMILES string of the molecule is CNCc1cc2ccccc2nc1Oc1ccccc1F. The van der Waals surface area contributed by atoms with Gasteiger partial charge in [-0.3, -0.25) is 0 Å². The van der Waals surface area contributed by atoms with Crippen LogP contribution in [0.1, 0.15) is 5.56 Å². The van der Waals surface area contributed by atoms with E-state index >= 15 is 0 Å². The molecular formula is C17H15FN2O. The molecule has 2 aromatic carbocycles. The zero-order chi connectivity index (χ0) is 14.7. The summed E-state index contributed by atoms with van der Waals surface area (Å²) in [5.41, 5.74) is 1.71. The number of benzene rings is 2. The average Bonchev–Trinajstić information content (AvgIpc) is 2.50. The molecule has 3 aromatic rings. The van der Waals surface area contributed by atoms with Crippen molar-refractivity contribution in [2.24, 2.45) is 0 Å². The number of nitrogens with zero attached hydrogens (tertiary/aromatic N) is 1. The van der Waals surface area contributed by atoms with Crippen LogP contribution in [0.2, 0.25) is 0 Å². The topological polar surface area (TPSA) is 34.2 Å². The van der Waals surface area contributed by atoms with E-state index in [1.54, 1.807) is 18.2 Å². The lowest BCUT2D eigenvalue weighted by molar-refractivity contribution is 0.423. The van der Waals surface area contributed by atoms with Crippen molar-refractivity contribution < 1.29 is 9.13 Å². The number of pyridine rings is 1. The summed E-state index contributed by atoms with van der Waals surface area (Å²) >= 11 is 0. The van der Waals surface area contributed by atoms with Crippen molar-refractivity contribution in [3.05, 3.63) is 66.0 Å². The molecule has 1 heterocycles. The first-order chi connectivity index (χ1) is 10.3. The molecular weight excluding hydrogens is 267 g/mol. The van der Waals surface area contributed by atoms with E-state index < -0.39 is 5.82 Å². The summed E-state index contributed by atoms with van der Waals surface area (Å²) in [6.07, 6.45) is 0. The van der Waals surface area contributed by atoms with Crippen molar-refractivity contribution in [3.63, 3.8) is 0 Å². The molecule has 1 aromatic heterocycles. The smallest absolute Gasteiger partial charge is 0.224 e. The molecule has 0 aliphatic rings. The van der Waals surface area contributed by atoms with E-state index in [-0.39, 0.29) is 5.75 Å². The fraction of sp³-hybridized carbons (Fsp3) is 0.118. The number of ether oxygens (including phenoxy) is 1. The van der Waals surface area contributed by atoms with E-state index in [0.29, 0.717) is 12.4 Å². The van der Waals surface area contributed by atoms with Gasteiger partial charge in [-0.15, -0.1) is 0 Å². The molecule has 0 saturated carbocycles. The molecule has 0 unspecified atom stereocenters. The number of rotatable bonds is 4. The van der Waals surface area contributed by atoms with Crippen LogP contribution in [-0.2, 0) is 6.54 Å². The van der Waals surface area contributed by atoms with Gasteiger partial charge in [0.2, 0.25) is 5.88 Å². The minimum atomic E-state index is -0.400. The summed E-state index contributed by atoms with van der Waals surface area (Å²) in [4.78, 5) is 4.50. The number of fused-ring (bicyclic) bond motifs is 1. The highest BCUT2D eigenvalue weighted by atomic mass is 19.1. The first-order valence-corrected chi connectivity index (χ1v) is 6.73. The van der Waals surface area contributed by atoms with Gasteiger partial charge >= 0.3 is 0 Å². The normalized spacial score (nSPS) is 10.8. The van der Waals surface area contributed by atoms with Crippen LogP contribution in [0.15, 0.2) is 54.6 Å². The quantitative estimate of drug-likeness (QED) is 0.788. The molecule has 4 heteroatoms. The van der Waals surface area contributed by atoms with Gasteiger partial charge < -0.3 is 10.1 Å². The Balaban J connectivity index is 2.07. The number of hydrogen-bond acceptors (Lipinski definition) is 3. The van der Waals surface area contributed by atoms with Gasteiger partial charge in [-0.25, -0.2) is 9.37 Å². The Kier molecular flexibility index (Phi) is 3.79. The van der Waals surface area contributed by atoms with Crippen molar-refractivity contribution >= 4 is 10.9 Å². The van der Waals surface area contributed by atoms with E-state index in [1.165, 1.54) is 6.07 Å². The summed E-state index contributed by atoms with van der Waals surface area (Å²) in [5.74, 6) is 0.202. The maximum atomic E-state index is 13.7. The maximum absolute atomic E-state index is 13.7. The lowest BCUT2D eigenvalue weighted by Gasteiger charge is -2.12. The van der Waals surface area contributed by atoms with Gasteiger partial charge in [0.15, 0.2) is 11.6 Å². The van der Waals surface area contributed by atoms with Crippen LogP contribution < -0.4 is 10.1 Å². The van der Waals surface area contributed by atoms with E-state index in [2.05, 4.69) is 10.3 Å². The molecule has 0 spiro atoms. The predicted molar refractivity (Wildman–Crippen MR) is 81.0 cm³/mol. The zero-order valence-corrected chi connectivity index (χ0v) is 11.6. The number of nitrogens with one attached hydrogen (secondary N) is 1. The fourth-order valence-electron chi connectivity index (χ4n) is 2.18. The molecule has 0 radical (unpaired) electrons. The summed E-state index contributed by atoms with van der Waals surface area (Å²) < 4.78 is 19.4. The van der Waals surface area contributed by atoms with Crippen molar-refractivity contribution in [3.8, 4) is 11.6 Å². The van der Waals surface area contributed by atoms with Gasteiger partial charge in [-0.1, -0.05) is 30.3 Å². The minimum Gasteiger partial charge on any atom is -0.436 e. The van der Waals surface area contributed by atoms with Crippen molar-refractivity contribution in [2.45, 2.75) is 6.54 Å². The standard InChI is InChI=1S/C17H15FN2O/c1-19-11-13-10-12-6-2-4-8-15(12)20-17(13)21-16-9-5-3-7-14(16)18/h2-10,19H,11H2,1H3. The number of hydrogen-bond donors (Lipinski definition) is 1. The van der Waals surface area contributed by atoms with Crippen LogP contribution in [0.25, 0.3) is 10.9 Å². The highest BCUT2D eigenvalue weighted by Crippen LogP contribution is 2.28. The Labute approximate surface area is 122 Å². The highest BCUT2D eigenvalue weighted by Gasteiger charge is 2.11. The molecule has 0 aliphatic heterocycles. The van der Waals surface area contributed by atoms with E-state index in [9.17, 15) is 4.39 Å². The Bertz CT molecular complexity index is 774. The van der Waals surface area contributed by atoms with Crippen LogP contribution in [0.5, 0.6) is 11.6 Å². The Morgan fingerprint density at radius 2 is 1.86 bits per heavy atom. The third-order valence-electron chi connectivity index (χ3n) is 3.17. The van der Waals surface area contributed by atoms with Gasteiger partial charge in [0.1, 0.15) is 0 Å². The van der Waals surface area contributed by atoms with Gasteiger partial charge in [-0.05, 0) is 31.3 Å². The van der Waals surface area contributed by atoms with Gasteiger partial charge in [0, 0.05) is 17.5 Å². The Morgan fingerprint density at radius 3 is 2.67 bits per heavy atom. The molecule has 106 valence electrons. The lowest BCUT2D eigenvalue weighted by atomic mass is 10.1.